The second-order valence-corrected chi connectivity index (χ2v) is 8.98. The number of nitrogens with zero attached hydrogens (tertiary/aromatic N) is 1. The van der Waals surface area contributed by atoms with Crippen molar-refractivity contribution >= 4 is 27.5 Å². The van der Waals surface area contributed by atoms with Crippen LogP contribution in [0, 0.1) is 11.8 Å². The molecule has 2 rings (SSSR count). The van der Waals surface area contributed by atoms with Crippen molar-refractivity contribution in [2.24, 2.45) is 11.8 Å². The molecular formula is C17H24N2O6S. The highest BCUT2D eigenvalue weighted by Crippen LogP contribution is 2.23. The number of urea groups is 1. The maximum Gasteiger partial charge on any atom is 0.321 e. The molecule has 0 saturated carbocycles. The molecule has 1 aromatic carbocycles. The maximum absolute atomic E-state index is 12.4. The minimum absolute atomic E-state index is 0.0279. The van der Waals surface area contributed by atoms with Gasteiger partial charge in [-0.1, -0.05) is 13.0 Å². The number of piperidine rings is 1. The number of sulfone groups is 1. The molecule has 1 aliphatic rings. The first-order valence-electron chi connectivity index (χ1n) is 8.33. The quantitative estimate of drug-likeness (QED) is 0.772. The van der Waals surface area contributed by atoms with Crippen LogP contribution in [0.2, 0.25) is 0 Å². The first kappa shape index (κ1) is 20.0. The van der Waals surface area contributed by atoms with Gasteiger partial charge in [-0.3, -0.25) is 4.79 Å². The molecule has 1 aromatic rings. The Hall–Kier alpha value is -2.29. The van der Waals surface area contributed by atoms with Gasteiger partial charge in [0, 0.05) is 31.1 Å². The minimum atomic E-state index is -3.10. The summed E-state index contributed by atoms with van der Waals surface area (Å²) >= 11 is 0. The molecule has 1 heterocycles. The maximum atomic E-state index is 12.4. The van der Waals surface area contributed by atoms with Crippen molar-refractivity contribution < 1.29 is 27.9 Å². The van der Waals surface area contributed by atoms with Crippen LogP contribution in [-0.4, -0.2) is 62.1 Å². The number of rotatable bonds is 6. The molecule has 144 valence electrons. The van der Waals surface area contributed by atoms with Crippen molar-refractivity contribution in [3.8, 4) is 5.75 Å². The lowest BCUT2D eigenvalue weighted by atomic mass is 9.91. The van der Waals surface area contributed by atoms with Gasteiger partial charge in [0.15, 0.2) is 9.84 Å². The molecule has 8 nitrogen and oxygen atoms in total. The zero-order chi connectivity index (χ0) is 19.3. The number of nitrogens with one attached hydrogen (secondary N) is 1. The number of carbonyl (C=O) groups excluding carboxylic acids is 1. The third-order valence-electron chi connectivity index (χ3n) is 4.10. The van der Waals surface area contributed by atoms with Crippen LogP contribution < -0.4 is 10.1 Å². The molecule has 2 N–H and O–H groups in total. The first-order valence-corrected chi connectivity index (χ1v) is 10.4. The van der Waals surface area contributed by atoms with Crippen molar-refractivity contribution in [1.29, 1.82) is 0 Å². The molecule has 2 unspecified atom stereocenters. The number of aliphatic carboxylic acids is 1. The number of benzene rings is 1. The summed E-state index contributed by atoms with van der Waals surface area (Å²) in [5.41, 5.74) is 0.497. The van der Waals surface area contributed by atoms with E-state index in [1.54, 1.807) is 24.3 Å². The Morgan fingerprint density at radius 3 is 2.73 bits per heavy atom. The first-order chi connectivity index (χ1) is 12.1. The van der Waals surface area contributed by atoms with Crippen LogP contribution in [-0.2, 0) is 14.6 Å². The number of hydrogen-bond acceptors (Lipinski definition) is 5. The number of hydrogen-bond donors (Lipinski definition) is 2. The van der Waals surface area contributed by atoms with E-state index in [9.17, 15) is 23.1 Å². The molecule has 2 atom stereocenters. The largest absolute Gasteiger partial charge is 0.492 e. The molecular weight excluding hydrogens is 360 g/mol. The Morgan fingerprint density at radius 1 is 1.35 bits per heavy atom. The van der Waals surface area contributed by atoms with Gasteiger partial charge < -0.3 is 20.1 Å². The third-order valence-corrected chi connectivity index (χ3v) is 5.01. The van der Waals surface area contributed by atoms with E-state index in [4.69, 9.17) is 4.74 Å². The SMILES string of the molecule is CC1CC(C(=O)O)CN(C(=O)Nc2cccc(OCCS(C)(=O)=O)c2)C1. The zero-order valence-corrected chi connectivity index (χ0v) is 15.7. The summed E-state index contributed by atoms with van der Waals surface area (Å²) in [5.74, 6) is -0.986. The average Bonchev–Trinajstić information content (AvgIpc) is 2.53. The molecule has 9 heteroatoms. The lowest BCUT2D eigenvalue weighted by Gasteiger charge is -2.34. The van der Waals surface area contributed by atoms with Gasteiger partial charge in [0.2, 0.25) is 0 Å². The highest BCUT2D eigenvalue weighted by molar-refractivity contribution is 7.90. The van der Waals surface area contributed by atoms with Crippen molar-refractivity contribution in [2.45, 2.75) is 13.3 Å². The van der Waals surface area contributed by atoms with E-state index in [0.29, 0.717) is 24.4 Å². The summed E-state index contributed by atoms with van der Waals surface area (Å²) in [6.07, 6.45) is 1.69. The average molecular weight is 384 g/mol. The Labute approximate surface area is 153 Å². The zero-order valence-electron chi connectivity index (χ0n) is 14.8. The molecule has 1 aliphatic heterocycles. The second kappa shape index (κ2) is 8.39. The lowest BCUT2D eigenvalue weighted by Crippen LogP contribution is -2.47. The van der Waals surface area contributed by atoms with Crippen LogP contribution in [0.5, 0.6) is 5.75 Å². The van der Waals surface area contributed by atoms with Crippen LogP contribution in [0.15, 0.2) is 24.3 Å². The molecule has 0 aliphatic carbocycles. The molecule has 2 amide bonds. The van der Waals surface area contributed by atoms with Gasteiger partial charge in [0.1, 0.15) is 12.4 Å². The smallest absolute Gasteiger partial charge is 0.321 e. The topological polar surface area (TPSA) is 113 Å². The summed E-state index contributed by atoms with van der Waals surface area (Å²) < 4.78 is 27.6. The van der Waals surface area contributed by atoms with Crippen LogP contribution in [0.3, 0.4) is 0 Å². The van der Waals surface area contributed by atoms with Crippen molar-refractivity contribution in [3.63, 3.8) is 0 Å². The van der Waals surface area contributed by atoms with E-state index in [0.717, 1.165) is 6.26 Å². The Morgan fingerprint density at radius 2 is 2.08 bits per heavy atom. The minimum Gasteiger partial charge on any atom is -0.492 e. The van der Waals surface area contributed by atoms with Gasteiger partial charge in [-0.15, -0.1) is 0 Å². The molecule has 0 bridgehead atoms. The molecule has 0 spiro atoms. The fourth-order valence-corrected chi connectivity index (χ4v) is 3.26. The Balaban J connectivity index is 1.96. The summed E-state index contributed by atoms with van der Waals surface area (Å²) in [6, 6.07) is 6.27. The summed E-state index contributed by atoms with van der Waals surface area (Å²) in [4.78, 5) is 25.2. The number of carboxylic acids is 1. The Kier molecular flexibility index (Phi) is 6.47. The normalized spacial score (nSPS) is 20.5. The van der Waals surface area contributed by atoms with E-state index in [-0.39, 0.29) is 30.9 Å². The summed E-state index contributed by atoms with van der Waals surface area (Å²) in [6.45, 7) is 2.63. The predicted molar refractivity (Wildman–Crippen MR) is 97.1 cm³/mol. The number of anilines is 1. The van der Waals surface area contributed by atoms with Crippen molar-refractivity contribution in [1.82, 2.24) is 4.90 Å². The molecule has 1 saturated heterocycles. The van der Waals surface area contributed by atoms with E-state index in [1.807, 2.05) is 6.92 Å². The van der Waals surface area contributed by atoms with E-state index >= 15 is 0 Å². The summed E-state index contributed by atoms with van der Waals surface area (Å²) in [5, 5.41) is 11.9. The highest BCUT2D eigenvalue weighted by atomic mass is 32.2. The van der Waals surface area contributed by atoms with Crippen molar-refractivity contribution in [3.05, 3.63) is 24.3 Å². The molecule has 1 fully saturated rings. The standard InChI is InChI=1S/C17H24N2O6S/c1-12-8-13(16(20)21)11-19(10-12)17(22)18-14-4-3-5-15(9-14)25-6-7-26(2,23)24/h3-5,9,12-13H,6-8,10-11H2,1-2H3,(H,18,22)(H,20,21). The fourth-order valence-electron chi connectivity index (χ4n) is 2.87. The van der Waals surface area contributed by atoms with Gasteiger partial charge in [-0.25, -0.2) is 13.2 Å². The number of ether oxygens (including phenoxy) is 1. The van der Waals surface area contributed by atoms with Gasteiger partial charge in [0.25, 0.3) is 0 Å². The summed E-state index contributed by atoms with van der Waals surface area (Å²) in [7, 11) is -3.10. The van der Waals surface area contributed by atoms with Gasteiger partial charge in [-0.05, 0) is 24.5 Å². The third kappa shape index (κ3) is 6.21. The predicted octanol–water partition coefficient (Wildman–Crippen LogP) is 1.68. The molecule has 0 aromatic heterocycles. The molecule has 0 radical (unpaired) electrons. The van der Waals surface area contributed by atoms with Gasteiger partial charge in [0.05, 0.1) is 11.7 Å². The number of carbonyl (C=O) groups is 2. The van der Waals surface area contributed by atoms with E-state index in [2.05, 4.69) is 5.32 Å². The van der Waals surface area contributed by atoms with Crippen LogP contribution >= 0.6 is 0 Å². The van der Waals surface area contributed by atoms with Gasteiger partial charge >= 0.3 is 12.0 Å². The Bertz CT molecular complexity index is 764. The van der Waals surface area contributed by atoms with Crippen LogP contribution in [0.1, 0.15) is 13.3 Å². The van der Waals surface area contributed by atoms with Gasteiger partial charge in [-0.2, -0.15) is 0 Å². The van der Waals surface area contributed by atoms with Crippen LogP contribution in [0.4, 0.5) is 10.5 Å². The van der Waals surface area contributed by atoms with E-state index in [1.165, 1.54) is 4.90 Å². The van der Waals surface area contributed by atoms with Crippen LogP contribution in [0.25, 0.3) is 0 Å². The number of carboxylic acid groups (broad SMARTS) is 1. The van der Waals surface area contributed by atoms with E-state index < -0.39 is 21.7 Å². The number of amides is 2. The fraction of sp³-hybridized carbons (Fsp3) is 0.529. The highest BCUT2D eigenvalue weighted by Gasteiger charge is 2.31. The monoisotopic (exact) mass is 384 g/mol. The lowest BCUT2D eigenvalue weighted by molar-refractivity contribution is -0.143. The van der Waals surface area contributed by atoms with Crippen molar-refractivity contribution in [2.75, 3.05) is 37.0 Å². The number of likely N-dealkylation sites (tertiary alicyclic amines) is 1. The molecule has 26 heavy (non-hydrogen) atoms. The second-order valence-electron chi connectivity index (χ2n) is 6.72.